The number of carboxylic acids is 2. The largest absolute Gasteiger partial charge is 0.508 e. The molecule has 134 valence electrons. The zero-order chi connectivity index (χ0) is 19.4. The van der Waals surface area contributed by atoms with Crippen molar-refractivity contribution in [3.8, 4) is 11.5 Å². The maximum atomic E-state index is 12.5. The van der Waals surface area contributed by atoms with Crippen molar-refractivity contribution in [1.82, 2.24) is 0 Å². The number of carbonyl (C=O) groups is 4. The van der Waals surface area contributed by atoms with Crippen molar-refractivity contribution in [3.05, 3.63) is 58.7 Å². The Morgan fingerprint density at radius 1 is 0.692 bits per heavy atom. The molecule has 2 aromatic rings. The van der Waals surface area contributed by atoms with Gasteiger partial charge in [-0.05, 0) is 42.0 Å². The molecule has 0 atom stereocenters. The first-order chi connectivity index (χ1) is 12.2. The molecule has 0 saturated carbocycles. The SMILES string of the molecule is O=C(O)Cc1c(O)ccc(C(=O)C(=O)c2ccc(O)cc2)c1CC(=O)O. The fourth-order valence-corrected chi connectivity index (χ4v) is 2.46. The third-order valence-electron chi connectivity index (χ3n) is 3.64. The van der Waals surface area contributed by atoms with E-state index in [9.17, 15) is 29.4 Å². The Labute approximate surface area is 147 Å². The monoisotopic (exact) mass is 358 g/mol. The maximum Gasteiger partial charge on any atom is 0.307 e. The number of phenolic OH excluding ortho intramolecular Hbond substituents is 2. The number of carboxylic acid groups (broad SMARTS) is 2. The van der Waals surface area contributed by atoms with E-state index in [-0.39, 0.29) is 28.0 Å². The fraction of sp³-hybridized carbons (Fsp3) is 0.111. The number of benzene rings is 2. The van der Waals surface area contributed by atoms with E-state index in [0.717, 1.165) is 12.1 Å². The van der Waals surface area contributed by atoms with E-state index >= 15 is 0 Å². The molecule has 0 aliphatic rings. The van der Waals surface area contributed by atoms with Crippen molar-refractivity contribution in [1.29, 1.82) is 0 Å². The molecule has 0 aliphatic heterocycles. The number of aromatic hydroxyl groups is 2. The highest BCUT2D eigenvalue weighted by molar-refractivity contribution is 6.49. The molecule has 0 aromatic heterocycles. The summed E-state index contributed by atoms with van der Waals surface area (Å²) < 4.78 is 0. The van der Waals surface area contributed by atoms with Crippen LogP contribution in [-0.2, 0) is 22.4 Å². The zero-order valence-corrected chi connectivity index (χ0v) is 13.3. The second kappa shape index (κ2) is 7.47. The van der Waals surface area contributed by atoms with E-state index in [4.69, 9.17) is 10.2 Å². The lowest BCUT2D eigenvalue weighted by atomic mass is 9.90. The van der Waals surface area contributed by atoms with Crippen LogP contribution in [0.15, 0.2) is 36.4 Å². The summed E-state index contributed by atoms with van der Waals surface area (Å²) in [5, 5.41) is 37.1. The van der Waals surface area contributed by atoms with Crippen LogP contribution in [-0.4, -0.2) is 43.9 Å². The first-order valence-corrected chi connectivity index (χ1v) is 7.36. The molecular weight excluding hydrogens is 344 g/mol. The van der Waals surface area contributed by atoms with Crippen LogP contribution < -0.4 is 0 Å². The second-order valence-electron chi connectivity index (χ2n) is 5.44. The van der Waals surface area contributed by atoms with Crippen LogP contribution in [0.1, 0.15) is 31.8 Å². The van der Waals surface area contributed by atoms with E-state index in [1.54, 1.807) is 0 Å². The van der Waals surface area contributed by atoms with Crippen molar-refractivity contribution in [2.45, 2.75) is 12.8 Å². The molecular formula is C18H14O8. The first-order valence-electron chi connectivity index (χ1n) is 7.36. The molecule has 2 rings (SSSR count). The van der Waals surface area contributed by atoms with E-state index < -0.39 is 42.1 Å². The molecule has 0 saturated heterocycles. The Balaban J connectivity index is 2.54. The summed E-state index contributed by atoms with van der Waals surface area (Å²) >= 11 is 0. The van der Waals surface area contributed by atoms with Crippen molar-refractivity contribution < 1.29 is 39.6 Å². The molecule has 0 unspecified atom stereocenters. The van der Waals surface area contributed by atoms with Crippen LogP contribution in [0, 0.1) is 0 Å². The Morgan fingerprint density at radius 2 is 1.23 bits per heavy atom. The highest BCUT2D eigenvalue weighted by atomic mass is 16.4. The van der Waals surface area contributed by atoms with Gasteiger partial charge in [0.05, 0.1) is 12.8 Å². The van der Waals surface area contributed by atoms with Crippen LogP contribution in [0.5, 0.6) is 11.5 Å². The minimum absolute atomic E-state index is 0.0260. The quantitative estimate of drug-likeness (QED) is 0.429. The number of ketones is 2. The molecule has 2 aromatic carbocycles. The predicted octanol–water partition coefficient (Wildman–Crippen LogP) is 1.42. The van der Waals surface area contributed by atoms with Crippen LogP contribution >= 0.6 is 0 Å². The molecule has 0 heterocycles. The smallest absolute Gasteiger partial charge is 0.307 e. The average Bonchev–Trinajstić information content (AvgIpc) is 2.57. The van der Waals surface area contributed by atoms with E-state index in [1.165, 1.54) is 24.3 Å². The van der Waals surface area contributed by atoms with Gasteiger partial charge in [0, 0.05) is 16.7 Å². The summed E-state index contributed by atoms with van der Waals surface area (Å²) in [7, 11) is 0. The molecule has 0 amide bonds. The number of phenols is 2. The summed E-state index contributed by atoms with van der Waals surface area (Å²) in [6.45, 7) is 0. The Morgan fingerprint density at radius 3 is 1.77 bits per heavy atom. The number of carbonyl (C=O) groups excluding carboxylic acids is 2. The number of rotatable bonds is 7. The molecule has 8 heteroatoms. The summed E-state index contributed by atoms with van der Waals surface area (Å²) in [6.07, 6.45) is -1.44. The van der Waals surface area contributed by atoms with Gasteiger partial charge < -0.3 is 20.4 Å². The van der Waals surface area contributed by atoms with Gasteiger partial charge in [0.15, 0.2) is 0 Å². The van der Waals surface area contributed by atoms with Crippen molar-refractivity contribution in [3.63, 3.8) is 0 Å². The van der Waals surface area contributed by atoms with E-state index in [1.807, 2.05) is 0 Å². The lowest BCUT2D eigenvalue weighted by Gasteiger charge is -2.13. The predicted molar refractivity (Wildman–Crippen MR) is 87.6 cm³/mol. The number of hydrogen-bond acceptors (Lipinski definition) is 6. The number of aliphatic carboxylic acids is 2. The second-order valence-corrected chi connectivity index (χ2v) is 5.44. The Kier molecular flexibility index (Phi) is 5.36. The van der Waals surface area contributed by atoms with Gasteiger partial charge in [0.1, 0.15) is 11.5 Å². The highest BCUT2D eigenvalue weighted by Crippen LogP contribution is 2.27. The number of hydrogen-bond donors (Lipinski definition) is 4. The van der Waals surface area contributed by atoms with Gasteiger partial charge in [-0.3, -0.25) is 19.2 Å². The van der Waals surface area contributed by atoms with Gasteiger partial charge >= 0.3 is 11.9 Å². The molecule has 0 fully saturated rings. The lowest BCUT2D eigenvalue weighted by molar-refractivity contribution is -0.137. The highest BCUT2D eigenvalue weighted by Gasteiger charge is 2.26. The van der Waals surface area contributed by atoms with Gasteiger partial charge in [-0.1, -0.05) is 0 Å². The molecule has 8 nitrogen and oxygen atoms in total. The van der Waals surface area contributed by atoms with Gasteiger partial charge in [0.25, 0.3) is 0 Å². The molecule has 0 bridgehead atoms. The molecule has 4 N–H and O–H groups in total. The third kappa shape index (κ3) is 4.04. The van der Waals surface area contributed by atoms with Crippen LogP contribution in [0.4, 0.5) is 0 Å². The number of Topliss-reactive ketones (excluding diaryl/α,β-unsaturated/α-hetero) is 2. The van der Waals surface area contributed by atoms with Crippen LogP contribution in [0.3, 0.4) is 0 Å². The summed E-state index contributed by atoms with van der Waals surface area (Å²) in [5.74, 6) is -5.26. The molecule has 0 aliphatic carbocycles. The van der Waals surface area contributed by atoms with Gasteiger partial charge in [-0.25, -0.2) is 0 Å². The summed E-state index contributed by atoms with van der Waals surface area (Å²) in [6, 6.07) is 7.01. The van der Waals surface area contributed by atoms with Gasteiger partial charge in [-0.2, -0.15) is 0 Å². The van der Waals surface area contributed by atoms with Crippen molar-refractivity contribution in [2.75, 3.05) is 0 Å². The summed E-state index contributed by atoms with van der Waals surface area (Å²) in [5.41, 5.74) is -0.775. The van der Waals surface area contributed by atoms with Crippen LogP contribution in [0.2, 0.25) is 0 Å². The summed E-state index contributed by atoms with van der Waals surface area (Å²) in [4.78, 5) is 47.0. The standard InChI is InChI=1S/C18H14O8/c19-10-3-1-9(2-4-10)17(25)18(26)11-5-6-14(20)13(8-16(23)24)12(11)7-15(21)22/h1-6,19-20H,7-8H2,(H,21,22)(H,23,24). The molecule has 26 heavy (non-hydrogen) atoms. The van der Waals surface area contributed by atoms with E-state index in [0.29, 0.717) is 0 Å². The Bertz CT molecular complexity index is 896. The minimum atomic E-state index is -1.35. The topological polar surface area (TPSA) is 149 Å². The normalized spacial score (nSPS) is 10.3. The zero-order valence-electron chi connectivity index (χ0n) is 13.3. The molecule has 0 radical (unpaired) electrons. The maximum absolute atomic E-state index is 12.5. The Hall–Kier alpha value is -3.68. The minimum Gasteiger partial charge on any atom is -0.508 e. The van der Waals surface area contributed by atoms with Crippen LogP contribution in [0.25, 0.3) is 0 Å². The lowest BCUT2D eigenvalue weighted by Crippen LogP contribution is -2.19. The molecule has 0 spiro atoms. The van der Waals surface area contributed by atoms with Crippen molar-refractivity contribution in [2.24, 2.45) is 0 Å². The van der Waals surface area contributed by atoms with Gasteiger partial charge in [0.2, 0.25) is 11.6 Å². The first kappa shape index (κ1) is 18.7. The van der Waals surface area contributed by atoms with Gasteiger partial charge in [-0.15, -0.1) is 0 Å². The average molecular weight is 358 g/mol. The van der Waals surface area contributed by atoms with Crippen molar-refractivity contribution >= 4 is 23.5 Å². The van der Waals surface area contributed by atoms with E-state index in [2.05, 4.69) is 0 Å². The third-order valence-corrected chi connectivity index (χ3v) is 3.64. The fourth-order valence-electron chi connectivity index (χ4n) is 2.46.